The first-order chi connectivity index (χ1) is 22.2. The van der Waals surface area contributed by atoms with Crippen molar-refractivity contribution in [2.45, 2.75) is 19.4 Å². The van der Waals surface area contributed by atoms with E-state index in [2.05, 4.69) is 36.0 Å². The molecular weight excluding hydrogens is 605 g/mol. The highest BCUT2D eigenvalue weighted by Gasteiger charge is 2.31. The highest BCUT2D eigenvalue weighted by atomic mass is 35.5. The molecule has 0 fully saturated rings. The Kier molecular flexibility index (Phi) is 8.75. The summed E-state index contributed by atoms with van der Waals surface area (Å²) in [5, 5.41) is 16.4. The predicted octanol–water partition coefficient (Wildman–Crippen LogP) is 7.66. The smallest absolute Gasteiger partial charge is 0.240 e. The molecular formula is C34H31ClFN9O. The van der Waals surface area contributed by atoms with E-state index in [1.54, 1.807) is 29.3 Å². The van der Waals surface area contributed by atoms with Crippen LogP contribution in [0, 0.1) is 5.82 Å². The standard InChI is InChI=1S/C34H31ClFN9O/c1-21(46)45-31(23-6-18-29(19-7-23)44(2)3)20-30(43-45)22-4-12-26(13-5-22)37-32-40-33(38-27-14-8-24(35)9-15-27)42-34(41-32)39-28-16-10-25(36)11-17-28/h4-19,31H,20H2,1-3H3,(H3,37,38,39,40,41,42). The number of carbonyl (C=O) groups excluding carboxylic acids is 1. The van der Waals surface area contributed by atoms with Crippen LogP contribution in [0.15, 0.2) is 102 Å². The number of carbonyl (C=O) groups is 1. The third kappa shape index (κ3) is 7.22. The lowest BCUT2D eigenvalue weighted by Gasteiger charge is -2.21. The minimum absolute atomic E-state index is 0.113. The average molecular weight is 636 g/mol. The molecule has 2 heterocycles. The third-order valence-corrected chi connectivity index (χ3v) is 7.59. The molecule has 0 aliphatic carbocycles. The maximum atomic E-state index is 13.5. The first-order valence-corrected chi connectivity index (χ1v) is 14.9. The van der Waals surface area contributed by atoms with Crippen LogP contribution in [0.2, 0.25) is 5.02 Å². The van der Waals surface area contributed by atoms with Crippen LogP contribution in [0.4, 0.5) is 45.0 Å². The van der Waals surface area contributed by atoms with Gasteiger partial charge in [-0.05, 0) is 83.9 Å². The van der Waals surface area contributed by atoms with Gasteiger partial charge in [0.25, 0.3) is 0 Å². The third-order valence-electron chi connectivity index (χ3n) is 7.34. The topological polar surface area (TPSA) is 111 Å². The minimum atomic E-state index is -0.344. The van der Waals surface area contributed by atoms with Crippen molar-refractivity contribution in [3.63, 3.8) is 0 Å². The number of nitrogens with one attached hydrogen (secondary N) is 3. The van der Waals surface area contributed by atoms with Crippen LogP contribution in [0.3, 0.4) is 0 Å². The van der Waals surface area contributed by atoms with Crippen molar-refractivity contribution in [1.82, 2.24) is 20.0 Å². The van der Waals surface area contributed by atoms with E-state index >= 15 is 0 Å². The lowest BCUT2D eigenvalue weighted by atomic mass is 9.98. The van der Waals surface area contributed by atoms with Crippen LogP contribution >= 0.6 is 11.6 Å². The van der Waals surface area contributed by atoms with Gasteiger partial charge in [-0.15, -0.1) is 0 Å². The summed E-state index contributed by atoms with van der Waals surface area (Å²) in [7, 11) is 3.99. The van der Waals surface area contributed by atoms with E-state index < -0.39 is 0 Å². The van der Waals surface area contributed by atoms with Gasteiger partial charge in [0, 0.05) is 55.2 Å². The number of aromatic nitrogens is 3. The summed E-state index contributed by atoms with van der Waals surface area (Å²) in [4.78, 5) is 28.1. The van der Waals surface area contributed by atoms with Gasteiger partial charge >= 0.3 is 0 Å². The molecule has 1 aliphatic heterocycles. The molecule has 0 saturated carbocycles. The summed E-state index contributed by atoms with van der Waals surface area (Å²) in [6.45, 7) is 1.53. The van der Waals surface area contributed by atoms with Gasteiger partial charge < -0.3 is 20.9 Å². The van der Waals surface area contributed by atoms with Crippen molar-refractivity contribution in [2.24, 2.45) is 5.10 Å². The van der Waals surface area contributed by atoms with Gasteiger partial charge in [-0.1, -0.05) is 35.9 Å². The predicted molar refractivity (Wildman–Crippen MR) is 181 cm³/mol. The zero-order valence-electron chi connectivity index (χ0n) is 25.4. The van der Waals surface area contributed by atoms with Crippen molar-refractivity contribution < 1.29 is 9.18 Å². The van der Waals surface area contributed by atoms with Crippen molar-refractivity contribution in [2.75, 3.05) is 34.9 Å². The zero-order chi connectivity index (χ0) is 32.2. The normalized spacial score (nSPS) is 14.1. The number of hydrogen-bond acceptors (Lipinski definition) is 9. The van der Waals surface area contributed by atoms with E-state index in [4.69, 9.17) is 11.6 Å². The van der Waals surface area contributed by atoms with Crippen LogP contribution < -0.4 is 20.9 Å². The van der Waals surface area contributed by atoms with E-state index in [-0.39, 0.29) is 35.6 Å². The first kappa shape index (κ1) is 30.5. The number of hydrazone groups is 1. The molecule has 10 nitrogen and oxygen atoms in total. The van der Waals surface area contributed by atoms with Gasteiger partial charge in [-0.2, -0.15) is 20.1 Å². The Hall–Kier alpha value is -5.55. The molecule has 0 radical (unpaired) electrons. The van der Waals surface area contributed by atoms with E-state index in [1.807, 2.05) is 79.7 Å². The number of hydrogen-bond donors (Lipinski definition) is 3. The van der Waals surface area contributed by atoms with E-state index in [1.165, 1.54) is 19.1 Å². The molecule has 12 heteroatoms. The Balaban J connectivity index is 1.21. The second-order valence-corrected chi connectivity index (χ2v) is 11.3. The SMILES string of the molecule is CC(=O)N1N=C(c2ccc(Nc3nc(Nc4ccc(F)cc4)nc(Nc4ccc(Cl)cc4)n3)cc2)CC1c1ccc(N(C)C)cc1. The molecule has 1 aromatic heterocycles. The summed E-state index contributed by atoms with van der Waals surface area (Å²) >= 11 is 6.04. The van der Waals surface area contributed by atoms with Gasteiger partial charge in [0.15, 0.2) is 0 Å². The maximum absolute atomic E-state index is 13.5. The second-order valence-electron chi connectivity index (χ2n) is 10.9. The summed E-state index contributed by atoms with van der Waals surface area (Å²) in [5.74, 6) is 0.370. The van der Waals surface area contributed by atoms with Crippen LogP contribution in [0.1, 0.15) is 30.5 Å². The molecule has 0 bridgehead atoms. The zero-order valence-corrected chi connectivity index (χ0v) is 26.1. The van der Waals surface area contributed by atoms with Crippen molar-refractivity contribution in [3.05, 3.63) is 119 Å². The number of rotatable bonds is 9. The van der Waals surface area contributed by atoms with Crippen molar-refractivity contribution >= 4 is 63.8 Å². The fraction of sp³-hybridized carbons (Fsp3) is 0.147. The number of anilines is 7. The molecule has 4 aromatic carbocycles. The van der Waals surface area contributed by atoms with E-state index in [9.17, 15) is 9.18 Å². The molecule has 1 amide bonds. The van der Waals surface area contributed by atoms with Crippen molar-refractivity contribution in [1.29, 1.82) is 0 Å². The van der Waals surface area contributed by atoms with Crippen LogP contribution in [0.5, 0.6) is 0 Å². The Labute approximate surface area is 271 Å². The summed E-state index contributed by atoms with van der Waals surface area (Å²) in [6, 6.07) is 28.8. The molecule has 3 N–H and O–H groups in total. The molecule has 5 aromatic rings. The Morgan fingerprint density at radius 2 is 1.24 bits per heavy atom. The van der Waals surface area contributed by atoms with Gasteiger partial charge in [-0.3, -0.25) is 4.79 Å². The molecule has 6 rings (SSSR count). The molecule has 232 valence electrons. The summed E-state index contributed by atoms with van der Waals surface area (Å²) < 4.78 is 13.5. The Morgan fingerprint density at radius 1 is 0.761 bits per heavy atom. The number of benzene rings is 4. The largest absolute Gasteiger partial charge is 0.378 e. The van der Waals surface area contributed by atoms with E-state index in [0.29, 0.717) is 17.1 Å². The molecule has 1 atom stereocenters. The minimum Gasteiger partial charge on any atom is -0.378 e. The maximum Gasteiger partial charge on any atom is 0.240 e. The van der Waals surface area contributed by atoms with Gasteiger partial charge in [-0.25, -0.2) is 9.40 Å². The van der Waals surface area contributed by atoms with Crippen LogP contribution in [-0.4, -0.2) is 45.7 Å². The molecule has 1 unspecified atom stereocenters. The molecule has 46 heavy (non-hydrogen) atoms. The molecule has 0 saturated heterocycles. The highest BCUT2D eigenvalue weighted by molar-refractivity contribution is 6.30. The lowest BCUT2D eigenvalue weighted by Crippen LogP contribution is -2.24. The highest BCUT2D eigenvalue weighted by Crippen LogP contribution is 2.34. The number of amides is 1. The van der Waals surface area contributed by atoms with Crippen molar-refractivity contribution in [3.8, 4) is 0 Å². The van der Waals surface area contributed by atoms with Crippen LogP contribution in [0.25, 0.3) is 0 Å². The molecule has 0 spiro atoms. The monoisotopic (exact) mass is 635 g/mol. The van der Waals surface area contributed by atoms with Crippen LogP contribution in [-0.2, 0) is 4.79 Å². The first-order valence-electron chi connectivity index (χ1n) is 14.5. The van der Waals surface area contributed by atoms with Gasteiger partial charge in [0.05, 0.1) is 11.8 Å². The Morgan fingerprint density at radius 3 is 1.72 bits per heavy atom. The van der Waals surface area contributed by atoms with Gasteiger partial charge in [0.1, 0.15) is 5.82 Å². The fourth-order valence-electron chi connectivity index (χ4n) is 4.97. The quantitative estimate of drug-likeness (QED) is 0.151. The fourth-order valence-corrected chi connectivity index (χ4v) is 5.10. The van der Waals surface area contributed by atoms with Gasteiger partial charge in [0.2, 0.25) is 23.8 Å². The van der Waals surface area contributed by atoms with E-state index in [0.717, 1.165) is 33.9 Å². The molecule has 1 aliphatic rings. The summed E-state index contributed by atoms with van der Waals surface area (Å²) in [5.41, 5.74) is 5.93. The summed E-state index contributed by atoms with van der Waals surface area (Å²) in [6.07, 6.45) is 0.597. The number of nitrogens with zero attached hydrogens (tertiary/aromatic N) is 6. The second kappa shape index (κ2) is 13.2. The average Bonchev–Trinajstić information content (AvgIpc) is 3.50. The number of halogens is 2. The lowest BCUT2D eigenvalue weighted by molar-refractivity contribution is -0.130. The Bertz CT molecular complexity index is 1800.